The van der Waals surface area contributed by atoms with E-state index in [9.17, 15) is 29.4 Å². The number of rotatable bonds is 10. The molecule has 0 aliphatic heterocycles. The molecule has 0 aliphatic carbocycles. The van der Waals surface area contributed by atoms with Gasteiger partial charge in [0.15, 0.2) is 17.3 Å². The summed E-state index contributed by atoms with van der Waals surface area (Å²) in [6, 6.07) is 12.1. The molecule has 3 rings (SSSR count). The fraction of sp³-hybridized carbons (Fsp3) is 0.259. The fourth-order valence-corrected chi connectivity index (χ4v) is 3.77. The van der Waals surface area contributed by atoms with Gasteiger partial charge in [-0.3, -0.25) is 19.2 Å². The average molecular weight is 524 g/mol. The van der Waals surface area contributed by atoms with E-state index in [1.165, 1.54) is 32.2 Å². The highest BCUT2D eigenvalue weighted by Crippen LogP contribution is 2.37. The Morgan fingerprint density at radius 3 is 2.26 bits per heavy atom. The van der Waals surface area contributed by atoms with Crippen molar-refractivity contribution in [3.05, 3.63) is 75.8 Å². The number of nitrogens with one attached hydrogen (secondary N) is 3. The molecule has 2 aromatic carbocycles. The van der Waals surface area contributed by atoms with Gasteiger partial charge in [0.25, 0.3) is 0 Å². The fourth-order valence-electron chi connectivity index (χ4n) is 3.77. The lowest BCUT2D eigenvalue weighted by Crippen LogP contribution is -2.29. The summed E-state index contributed by atoms with van der Waals surface area (Å²) in [7, 11) is 1.37. The quantitative estimate of drug-likeness (QED) is 0.270. The molecule has 5 N–H and O–H groups in total. The monoisotopic (exact) mass is 523 g/mol. The van der Waals surface area contributed by atoms with E-state index in [0.29, 0.717) is 16.9 Å². The summed E-state index contributed by atoms with van der Waals surface area (Å²) in [6.07, 6.45) is -0.234. The van der Waals surface area contributed by atoms with E-state index < -0.39 is 23.0 Å². The second-order valence-electron chi connectivity index (χ2n) is 8.53. The topological polar surface area (TPSA) is 167 Å². The number of carbonyl (C=O) groups is 3. The van der Waals surface area contributed by atoms with Gasteiger partial charge in [-0.25, -0.2) is 0 Å². The second kappa shape index (κ2) is 12.4. The van der Waals surface area contributed by atoms with Crippen LogP contribution < -0.4 is 26.1 Å². The Balaban J connectivity index is 1.67. The Labute approximate surface area is 218 Å². The molecular weight excluding hydrogens is 494 g/mol. The molecule has 0 saturated heterocycles. The molecule has 3 amide bonds. The summed E-state index contributed by atoms with van der Waals surface area (Å²) in [5, 5.41) is 28.4. The molecule has 0 fully saturated rings. The standard InChI is InChI=1S/C27H29N3O8/c1-15-12-22(33)26(36)27(38-15)20(17-4-9-21(32)23(13-17)37-3)14-25(35)28-11-10-24(34)30-19-7-5-18(6-8-19)29-16(2)31/h4-9,12-13,20,32,36H,10-11,14H2,1-3H3,(H,28,35)(H,29,31)(H,30,34)/t20-/m0/s1. The lowest BCUT2D eigenvalue weighted by Gasteiger charge is -2.19. The number of hydrogen-bond donors (Lipinski definition) is 5. The van der Waals surface area contributed by atoms with E-state index in [1.54, 1.807) is 31.2 Å². The maximum absolute atomic E-state index is 12.8. The summed E-state index contributed by atoms with van der Waals surface area (Å²) in [4.78, 5) is 48.4. The van der Waals surface area contributed by atoms with Gasteiger partial charge in [-0.2, -0.15) is 0 Å². The second-order valence-corrected chi connectivity index (χ2v) is 8.53. The first-order chi connectivity index (χ1) is 18.1. The normalized spacial score (nSPS) is 11.3. The predicted molar refractivity (Wildman–Crippen MR) is 140 cm³/mol. The van der Waals surface area contributed by atoms with Crippen LogP contribution >= 0.6 is 0 Å². The highest BCUT2D eigenvalue weighted by Gasteiger charge is 2.26. The Bertz CT molecular complexity index is 1380. The maximum Gasteiger partial charge on any atom is 0.227 e. The van der Waals surface area contributed by atoms with Gasteiger partial charge < -0.3 is 35.3 Å². The number of hydrogen-bond acceptors (Lipinski definition) is 8. The predicted octanol–water partition coefficient (Wildman–Crippen LogP) is 2.99. The first kappa shape index (κ1) is 27.8. The lowest BCUT2D eigenvalue weighted by atomic mass is 9.91. The summed E-state index contributed by atoms with van der Waals surface area (Å²) in [5.41, 5.74) is 0.932. The van der Waals surface area contributed by atoms with Crippen LogP contribution in [0.25, 0.3) is 0 Å². The molecule has 200 valence electrons. The van der Waals surface area contributed by atoms with Gasteiger partial charge >= 0.3 is 0 Å². The zero-order chi connectivity index (χ0) is 27.8. The number of benzene rings is 2. The van der Waals surface area contributed by atoms with Crippen molar-refractivity contribution in [2.45, 2.75) is 32.6 Å². The van der Waals surface area contributed by atoms with Gasteiger partial charge in [-0.1, -0.05) is 6.07 Å². The molecular formula is C27H29N3O8. The van der Waals surface area contributed by atoms with Crippen LogP contribution in [0.1, 0.15) is 42.8 Å². The third-order valence-corrected chi connectivity index (χ3v) is 5.55. The van der Waals surface area contributed by atoms with Crippen LogP contribution in [0.5, 0.6) is 17.2 Å². The molecule has 11 heteroatoms. The molecule has 0 saturated carbocycles. The number of ether oxygens (including phenoxy) is 1. The van der Waals surface area contributed by atoms with Crippen molar-refractivity contribution in [1.29, 1.82) is 0 Å². The van der Waals surface area contributed by atoms with Crippen LogP contribution in [0.2, 0.25) is 0 Å². The van der Waals surface area contributed by atoms with E-state index in [-0.39, 0.29) is 54.2 Å². The molecule has 0 bridgehead atoms. The molecule has 0 spiro atoms. The van der Waals surface area contributed by atoms with Crippen molar-refractivity contribution >= 4 is 29.1 Å². The van der Waals surface area contributed by atoms with Gasteiger partial charge in [0, 0.05) is 43.8 Å². The average Bonchev–Trinajstić information content (AvgIpc) is 2.86. The SMILES string of the molecule is COc1cc([C@H](CC(=O)NCCC(=O)Nc2ccc(NC(C)=O)cc2)c2oc(C)cc(=O)c2O)ccc1O. The molecule has 1 heterocycles. The van der Waals surface area contributed by atoms with E-state index in [2.05, 4.69) is 16.0 Å². The Morgan fingerprint density at radius 2 is 1.63 bits per heavy atom. The molecule has 0 aliphatic rings. The van der Waals surface area contributed by atoms with Crippen molar-refractivity contribution in [3.8, 4) is 17.2 Å². The van der Waals surface area contributed by atoms with Crippen LogP contribution in [0.3, 0.4) is 0 Å². The molecule has 38 heavy (non-hydrogen) atoms. The molecule has 1 atom stereocenters. The highest BCUT2D eigenvalue weighted by molar-refractivity contribution is 5.92. The maximum atomic E-state index is 12.8. The first-order valence-corrected chi connectivity index (χ1v) is 11.7. The Kier molecular flexibility index (Phi) is 9.09. The van der Waals surface area contributed by atoms with Crippen LogP contribution in [0.15, 0.2) is 57.7 Å². The highest BCUT2D eigenvalue weighted by atomic mass is 16.5. The van der Waals surface area contributed by atoms with Crippen LogP contribution in [-0.2, 0) is 14.4 Å². The number of carbonyl (C=O) groups excluding carboxylic acids is 3. The Hall–Kier alpha value is -4.80. The molecule has 0 unspecified atom stereocenters. The third-order valence-electron chi connectivity index (χ3n) is 5.55. The van der Waals surface area contributed by atoms with Crippen molar-refractivity contribution in [2.24, 2.45) is 0 Å². The van der Waals surface area contributed by atoms with E-state index >= 15 is 0 Å². The molecule has 0 radical (unpaired) electrons. The number of phenolic OH excluding ortho intramolecular Hbond substituents is 1. The summed E-state index contributed by atoms with van der Waals surface area (Å²) in [6.45, 7) is 2.97. The third kappa shape index (κ3) is 7.36. The number of aryl methyl sites for hydroxylation is 1. The van der Waals surface area contributed by atoms with Crippen molar-refractivity contribution in [3.63, 3.8) is 0 Å². The van der Waals surface area contributed by atoms with Crippen LogP contribution in [0.4, 0.5) is 11.4 Å². The minimum Gasteiger partial charge on any atom is -0.504 e. The van der Waals surface area contributed by atoms with Crippen molar-refractivity contribution in [1.82, 2.24) is 5.32 Å². The van der Waals surface area contributed by atoms with Gasteiger partial charge in [0.1, 0.15) is 5.76 Å². The minimum absolute atomic E-state index is 0.0122. The summed E-state index contributed by atoms with van der Waals surface area (Å²) in [5.74, 6) is -2.33. The zero-order valence-electron chi connectivity index (χ0n) is 21.2. The summed E-state index contributed by atoms with van der Waals surface area (Å²) < 4.78 is 10.8. The number of phenols is 1. The minimum atomic E-state index is -0.881. The first-order valence-electron chi connectivity index (χ1n) is 11.7. The van der Waals surface area contributed by atoms with Gasteiger partial charge in [0.05, 0.1) is 13.0 Å². The van der Waals surface area contributed by atoms with Crippen molar-refractivity contribution in [2.75, 3.05) is 24.3 Å². The van der Waals surface area contributed by atoms with Gasteiger partial charge in [0.2, 0.25) is 28.9 Å². The van der Waals surface area contributed by atoms with Crippen LogP contribution in [-0.4, -0.2) is 41.6 Å². The van der Waals surface area contributed by atoms with E-state index in [0.717, 1.165) is 6.07 Å². The number of anilines is 2. The van der Waals surface area contributed by atoms with E-state index in [1.807, 2.05) is 0 Å². The summed E-state index contributed by atoms with van der Waals surface area (Å²) >= 11 is 0. The van der Waals surface area contributed by atoms with Gasteiger partial charge in [-0.05, 0) is 48.9 Å². The number of amides is 3. The molecule has 11 nitrogen and oxygen atoms in total. The molecule has 1 aromatic heterocycles. The molecule has 3 aromatic rings. The smallest absolute Gasteiger partial charge is 0.227 e. The number of aromatic hydroxyl groups is 2. The van der Waals surface area contributed by atoms with Crippen LogP contribution in [0, 0.1) is 6.92 Å². The van der Waals surface area contributed by atoms with Crippen molar-refractivity contribution < 1.29 is 33.8 Å². The largest absolute Gasteiger partial charge is 0.504 e. The van der Waals surface area contributed by atoms with E-state index in [4.69, 9.17) is 9.15 Å². The lowest BCUT2D eigenvalue weighted by molar-refractivity contribution is -0.121. The zero-order valence-corrected chi connectivity index (χ0v) is 21.2. The number of methoxy groups -OCH3 is 1. The Morgan fingerprint density at radius 1 is 0.974 bits per heavy atom. The van der Waals surface area contributed by atoms with Gasteiger partial charge in [-0.15, -0.1) is 0 Å².